The third-order valence-electron chi connectivity index (χ3n) is 3.93. The van der Waals surface area contributed by atoms with Gasteiger partial charge in [-0.05, 0) is 30.2 Å². The number of rotatable bonds is 5. The number of pyridine rings is 1. The van der Waals surface area contributed by atoms with Gasteiger partial charge in [0.05, 0.1) is 7.11 Å². The second kappa shape index (κ2) is 7.56. The maximum absolute atomic E-state index is 11.9. The molecule has 26 heavy (non-hydrogen) atoms. The molecule has 1 aromatic carbocycles. The molecule has 0 saturated carbocycles. The number of amides is 2. The van der Waals surface area contributed by atoms with Crippen molar-refractivity contribution in [2.75, 3.05) is 19.0 Å². The lowest BCUT2D eigenvalue weighted by molar-refractivity contribution is -0.136. The van der Waals surface area contributed by atoms with Crippen molar-refractivity contribution in [1.82, 2.24) is 15.3 Å². The van der Waals surface area contributed by atoms with Crippen LogP contribution < -0.4 is 20.8 Å². The standard InChI is InChI=1S/C18H18N4O4/c1-26-12-2-3-14-13(8-12)11(9-21-14)4-7-20-17(24)18(25)22-15-10-19-6-5-16(15)23/h2-3,5-6,8-10,21H,4,7H2,1H3,(H,19,23)(H,20,24)(H,22,25). The van der Waals surface area contributed by atoms with Crippen molar-refractivity contribution < 1.29 is 14.3 Å². The number of hydrogen-bond acceptors (Lipinski definition) is 4. The van der Waals surface area contributed by atoms with Crippen molar-refractivity contribution >= 4 is 28.4 Å². The van der Waals surface area contributed by atoms with Crippen LogP contribution in [0.1, 0.15) is 5.56 Å². The Morgan fingerprint density at radius 3 is 2.77 bits per heavy atom. The monoisotopic (exact) mass is 354 g/mol. The van der Waals surface area contributed by atoms with Crippen LogP contribution in [0.4, 0.5) is 5.69 Å². The van der Waals surface area contributed by atoms with Crippen molar-refractivity contribution in [3.63, 3.8) is 0 Å². The number of carbonyl (C=O) groups is 2. The zero-order valence-electron chi connectivity index (χ0n) is 14.1. The van der Waals surface area contributed by atoms with E-state index in [1.807, 2.05) is 24.4 Å². The Morgan fingerprint density at radius 2 is 2.00 bits per heavy atom. The van der Waals surface area contributed by atoms with E-state index in [1.54, 1.807) is 7.11 Å². The normalized spacial score (nSPS) is 10.5. The summed E-state index contributed by atoms with van der Waals surface area (Å²) in [6.07, 6.45) is 5.17. The molecule has 0 bridgehead atoms. The van der Waals surface area contributed by atoms with E-state index in [0.717, 1.165) is 22.2 Å². The van der Waals surface area contributed by atoms with E-state index in [2.05, 4.69) is 20.6 Å². The summed E-state index contributed by atoms with van der Waals surface area (Å²) in [6.45, 7) is 0.279. The van der Waals surface area contributed by atoms with Crippen LogP contribution in [0.2, 0.25) is 0 Å². The fourth-order valence-corrected chi connectivity index (χ4v) is 2.58. The largest absolute Gasteiger partial charge is 0.497 e. The Hall–Kier alpha value is -3.55. The smallest absolute Gasteiger partial charge is 0.313 e. The Bertz CT molecular complexity index is 1010. The number of benzene rings is 1. The number of anilines is 1. The number of nitrogens with one attached hydrogen (secondary N) is 4. The summed E-state index contributed by atoms with van der Waals surface area (Å²) in [5, 5.41) is 5.83. The maximum atomic E-state index is 11.9. The molecule has 0 aliphatic rings. The third kappa shape index (κ3) is 3.75. The van der Waals surface area contributed by atoms with E-state index in [1.165, 1.54) is 18.5 Å². The molecule has 4 N–H and O–H groups in total. The number of hydrogen-bond donors (Lipinski definition) is 4. The first-order chi connectivity index (χ1) is 12.6. The first kappa shape index (κ1) is 17.3. The molecule has 0 atom stereocenters. The van der Waals surface area contributed by atoms with Gasteiger partial charge in [-0.1, -0.05) is 0 Å². The number of fused-ring (bicyclic) bond motifs is 1. The molecule has 8 nitrogen and oxygen atoms in total. The summed E-state index contributed by atoms with van der Waals surface area (Å²) in [5.41, 5.74) is 1.61. The molecule has 2 aromatic heterocycles. The van der Waals surface area contributed by atoms with Gasteiger partial charge >= 0.3 is 11.8 Å². The van der Waals surface area contributed by atoms with Gasteiger partial charge in [0.15, 0.2) is 0 Å². The summed E-state index contributed by atoms with van der Waals surface area (Å²) in [4.78, 5) is 41.1. The summed E-state index contributed by atoms with van der Waals surface area (Å²) in [6, 6.07) is 6.96. The molecule has 0 fully saturated rings. The Labute approximate surface area is 148 Å². The van der Waals surface area contributed by atoms with Gasteiger partial charge in [0, 0.05) is 42.1 Å². The van der Waals surface area contributed by atoms with Crippen LogP contribution in [0, 0.1) is 0 Å². The minimum Gasteiger partial charge on any atom is -0.497 e. The number of aromatic amines is 2. The van der Waals surface area contributed by atoms with Crippen molar-refractivity contribution in [2.24, 2.45) is 0 Å². The molecular weight excluding hydrogens is 336 g/mol. The van der Waals surface area contributed by atoms with Crippen molar-refractivity contribution in [2.45, 2.75) is 6.42 Å². The van der Waals surface area contributed by atoms with Crippen LogP contribution >= 0.6 is 0 Å². The zero-order chi connectivity index (χ0) is 18.5. The summed E-state index contributed by atoms with van der Waals surface area (Å²) in [5.74, 6) is -0.942. The molecule has 2 amide bonds. The highest BCUT2D eigenvalue weighted by Gasteiger charge is 2.15. The molecule has 0 saturated heterocycles. The Kier molecular flexibility index (Phi) is 5.02. The highest BCUT2D eigenvalue weighted by Crippen LogP contribution is 2.23. The van der Waals surface area contributed by atoms with Gasteiger partial charge in [0.25, 0.3) is 0 Å². The van der Waals surface area contributed by atoms with E-state index in [9.17, 15) is 14.4 Å². The van der Waals surface area contributed by atoms with Crippen LogP contribution in [-0.2, 0) is 16.0 Å². The van der Waals surface area contributed by atoms with Gasteiger partial charge in [-0.25, -0.2) is 0 Å². The fourth-order valence-electron chi connectivity index (χ4n) is 2.58. The van der Waals surface area contributed by atoms with E-state index in [0.29, 0.717) is 6.42 Å². The van der Waals surface area contributed by atoms with Crippen molar-refractivity contribution in [3.8, 4) is 5.75 Å². The lowest BCUT2D eigenvalue weighted by atomic mass is 10.1. The van der Waals surface area contributed by atoms with E-state index >= 15 is 0 Å². The predicted octanol–water partition coefficient (Wildman–Crippen LogP) is 1.16. The van der Waals surface area contributed by atoms with Gasteiger partial charge in [0.2, 0.25) is 5.43 Å². The number of H-pyrrole nitrogens is 2. The third-order valence-corrected chi connectivity index (χ3v) is 3.93. The van der Waals surface area contributed by atoms with E-state index < -0.39 is 11.8 Å². The minimum absolute atomic E-state index is 0.0244. The predicted molar refractivity (Wildman–Crippen MR) is 97.3 cm³/mol. The number of ether oxygens (including phenoxy) is 1. The molecule has 0 aliphatic carbocycles. The van der Waals surface area contributed by atoms with Crippen LogP contribution in [-0.4, -0.2) is 35.4 Å². The lowest BCUT2D eigenvalue weighted by Crippen LogP contribution is -2.37. The first-order valence-corrected chi connectivity index (χ1v) is 7.99. The molecule has 0 unspecified atom stereocenters. The number of carbonyl (C=O) groups excluding carboxylic acids is 2. The molecule has 134 valence electrons. The van der Waals surface area contributed by atoms with Gasteiger partial charge < -0.3 is 25.3 Å². The van der Waals surface area contributed by atoms with Crippen LogP contribution in [0.15, 0.2) is 47.7 Å². The molecular formula is C18H18N4O4. The first-order valence-electron chi connectivity index (χ1n) is 7.99. The molecule has 2 heterocycles. The average Bonchev–Trinajstić information content (AvgIpc) is 3.05. The quantitative estimate of drug-likeness (QED) is 0.515. The Morgan fingerprint density at radius 1 is 1.15 bits per heavy atom. The molecule has 0 aliphatic heterocycles. The van der Waals surface area contributed by atoms with Crippen LogP contribution in [0.5, 0.6) is 5.75 Å². The van der Waals surface area contributed by atoms with Gasteiger partial charge in [-0.3, -0.25) is 14.4 Å². The average molecular weight is 354 g/mol. The van der Waals surface area contributed by atoms with Crippen LogP contribution in [0.25, 0.3) is 10.9 Å². The number of methoxy groups -OCH3 is 1. The maximum Gasteiger partial charge on any atom is 0.313 e. The fraction of sp³-hybridized carbons (Fsp3) is 0.167. The highest BCUT2D eigenvalue weighted by atomic mass is 16.5. The molecule has 3 aromatic rings. The van der Waals surface area contributed by atoms with Crippen molar-refractivity contribution in [3.05, 3.63) is 58.6 Å². The summed E-state index contributed by atoms with van der Waals surface area (Å²) < 4.78 is 5.22. The lowest BCUT2D eigenvalue weighted by Gasteiger charge is -2.06. The zero-order valence-corrected chi connectivity index (χ0v) is 14.1. The van der Waals surface area contributed by atoms with E-state index in [-0.39, 0.29) is 17.7 Å². The van der Waals surface area contributed by atoms with Gasteiger partial charge in [-0.15, -0.1) is 0 Å². The molecule has 3 rings (SSSR count). The van der Waals surface area contributed by atoms with Crippen molar-refractivity contribution in [1.29, 1.82) is 0 Å². The number of aromatic nitrogens is 2. The molecule has 8 heteroatoms. The minimum atomic E-state index is -0.887. The second-order valence-corrected chi connectivity index (χ2v) is 5.61. The van der Waals surface area contributed by atoms with Gasteiger partial charge in [-0.2, -0.15) is 0 Å². The summed E-state index contributed by atoms with van der Waals surface area (Å²) in [7, 11) is 1.60. The topological polar surface area (TPSA) is 116 Å². The van der Waals surface area contributed by atoms with Gasteiger partial charge in [0.1, 0.15) is 11.4 Å². The highest BCUT2D eigenvalue weighted by molar-refractivity contribution is 6.39. The SMILES string of the molecule is COc1ccc2[nH]cc(CCNC(=O)C(=O)Nc3c[nH]ccc3=O)c2c1. The molecule has 0 radical (unpaired) electrons. The second-order valence-electron chi connectivity index (χ2n) is 5.61. The van der Waals surface area contributed by atoms with E-state index in [4.69, 9.17) is 4.74 Å². The van der Waals surface area contributed by atoms with Crippen LogP contribution in [0.3, 0.4) is 0 Å². The molecule has 0 spiro atoms. The summed E-state index contributed by atoms with van der Waals surface area (Å²) >= 11 is 0. The Balaban J connectivity index is 1.57.